The smallest absolute Gasteiger partial charge is 0.241 e. The largest absolute Gasteiger partial charge is 0.324 e. The van der Waals surface area contributed by atoms with Crippen molar-refractivity contribution in [1.82, 2.24) is 0 Å². The first kappa shape index (κ1) is 13.1. The summed E-state index contributed by atoms with van der Waals surface area (Å²) in [5.41, 5.74) is 6.18. The van der Waals surface area contributed by atoms with E-state index in [1.54, 1.807) is 0 Å². The van der Waals surface area contributed by atoms with E-state index in [-0.39, 0.29) is 11.7 Å². The molecule has 1 atom stereocenters. The maximum absolute atomic E-state index is 12.8. The molecule has 0 spiro atoms. The van der Waals surface area contributed by atoms with Gasteiger partial charge in [0.25, 0.3) is 0 Å². The first-order chi connectivity index (χ1) is 7.54. The summed E-state index contributed by atoms with van der Waals surface area (Å²) in [6, 6.07) is 3.55. The zero-order valence-electron chi connectivity index (χ0n) is 8.97. The fourth-order valence-corrected chi connectivity index (χ4v) is 1.71. The third kappa shape index (κ3) is 3.57. The quantitative estimate of drug-likeness (QED) is 0.895. The summed E-state index contributed by atoms with van der Waals surface area (Å²) in [5.74, 6) is -0.614. The van der Waals surface area contributed by atoms with Crippen molar-refractivity contribution in [2.24, 2.45) is 5.73 Å². The van der Waals surface area contributed by atoms with E-state index in [0.717, 1.165) is 6.42 Å². The zero-order valence-corrected chi connectivity index (χ0v) is 10.6. The lowest BCUT2D eigenvalue weighted by Crippen LogP contribution is -2.35. The van der Waals surface area contributed by atoms with Crippen LogP contribution in [0.5, 0.6) is 0 Å². The van der Waals surface area contributed by atoms with Crippen molar-refractivity contribution in [2.75, 3.05) is 5.32 Å². The van der Waals surface area contributed by atoms with Crippen LogP contribution in [0.25, 0.3) is 0 Å². The molecule has 0 aliphatic heterocycles. The second-order valence-corrected chi connectivity index (χ2v) is 4.36. The van der Waals surface area contributed by atoms with Crippen LogP contribution in [0, 0.1) is 5.82 Å². The molecule has 0 heterocycles. The van der Waals surface area contributed by atoms with Crippen LogP contribution < -0.4 is 11.1 Å². The van der Waals surface area contributed by atoms with E-state index in [1.165, 1.54) is 18.2 Å². The topological polar surface area (TPSA) is 55.1 Å². The van der Waals surface area contributed by atoms with Crippen LogP contribution in [0.2, 0.25) is 0 Å². The van der Waals surface area contributed by atoms with Gasteiger partial charge in [0.15, 0.2) is 0 Å². The first-order valence-electron chi connectivity index (χ1n) is 5.06. The summed E-state index contributed by atoms with van der Waals surface area (Å²) < 4.78 is 13.3. The van der Waals surface area contributed by atoms with Crippen LogP contribution in [0.1, 0.15) is 19.8 Å². The molecule has 16 heavy (non-hydrogen) atoms. The summed E-state index contributed by atoms with van der Waals surface area (Å²) in [7, 11) is 0. The van der Waals surface area contributed by atoms with Gasteiger partial charge in [-0.05, 0) is 40.5 Å². The summed E-state index contributed by atoms with van der Waals surface area (Å²) in [4.78, 5) is 11.6. The van der Waals surface area contributed by atoms with E-state index in [1.807, 2.05) is 6.92 Å². The Bertz CT molecular complexity index is 384. The Labute approximate surface area is 102 Å². The van der Waals surface area contributed by atoms with Crippen LogP contribution >= 0.6 is 15.9 Å². The van der Waals surface area contributed by atoms with Gasteiger partial charge in [0.2, 0.25) is 5.91 Å². The summed E-state index contributed by atoms with van der Waals surface area (Å²) >= 11 is 3.17. The monoisotopic (exact) mass is 288 g/mol. The molecule has 1 amide bonds. The molecule has 0 fully saturated rings. The fourth-order valence-electron chi connectivity index (χ4n) is 1.26. The predicted octanol–water partition coefficient (Wildman–Crippen LogP) is 2.65. The second-order valence-electron chi connectivity index (χ2n) is 3.51. The van der Waals surface area contributed by atoms with E-state index in [0.29, 0.717) is 16.6 Å². The third-order valence-corrected chi connectivity index (χ3v) is 2.78. The van der Waals surface area contributed by atoms with Crippen molar-refractivity contribution < 1.29 is 9.18 Å². The van der Waals surface area contributed by atoms with E-state index < -0.39 is 6.04 Å². The number of hydrogen-bond acceptors (Lipinski definition) is 2. The number of carbonyl (C=O) groups is 1. The van der Waals surface area contributed by atoms with Crippen molar-refractivity contribution in [3.63, 3.8) is 0 Å². The van der Waals surface area contributed by atoms with Gasteiger partial charge < -0.3 is 11.1 Å². The summed E-state index contributed by atoms with van der Waals surface area (Å²) in [6.07, 6.45) is 1.48. The van der Waals surface area contributed by atoms with Gasteiger partial charge in [0.1, 0.15) is 5.82 Å². The Kier molecular flexibility index (Phi) is 4.89. The highest BCUT2D eigenvalue weighted by Crippen LogP contribution is 2.23. The minimum absolute atomic E-state index is 0.255. The first-order valence-corrected chi connectivity index (χ1v) is 5.85. The van der Waals surface area contributed by atoms with Crippen molar-refractivity contribution in [3.8, 4) is 0 Å². The van der Waals surface area contributed by atoms with Gasteiger partial charge in [0, 0.05) is 4.47 Å². The molecule has 1 rings (SSSR count). The highest BCUT2D eigenvalue weighted by atomic mass is 79.9. The molecule has 0 saturated heterocycles. The average molecular weight is 289 g/mol. The lowest BCUT2D eigenvalue weighted by Gasteiger charge is -2.12. The highest BCUT2D eigenvalue weighted by Gasteiger charge is 2.13. The van der Waals surface area contributed by atoms with Crippen molar-refractivity contribution >= 4 is 27.5 Å². The van der Waals surface area contributed by atoms with Crippen LogP contribution in [-0.4, -0.2) is 11.9 Å². The Morgan fingerprint density at radius 1 is 1.62 bits per heavy atom. The molecule has 3 nitrogen and oxygen atoms in total. The SMILES string of the molecule is CCC[C@H](N)C(=O)Nc1ccc(F)cc1Br. The van der Waals surface area contributed by atoms with Crippen LogP contribution in [0.4, 0.5) is 10.1 Å². The second kappa shape index (κ2) is 5.96. The Hall–Kier alpha value is -0.940. The number of halogens is 2. The lowest BCUT2D eigenvalue weighted by molar-refractivity contribution is -0.117. The van der Waals surface area contributed by atoms with Crippen LogP contribution in [-0.2, 0) is 4.79 Å². The molecule has 0 aliphatic carbocycles. The number of nitrogens with two attached hydrogens (primary N) is 1. The number of hydrogen-bond donors (Lipinski definition) is 2. The van der Waals surface area contributed by atoms with Gasteiger partial charge in [-0.25, -0.2) is 4.39 Å². The van der Waals surface area contributed by atoms with Gasteiger partial charge in [-0.1, -0.05) is 13.3 Å². The minimum atomic E-state index is -0.526. The van der Waals surface area contributed by atoms with Crippen molar-refractivity contribution in [2.45, 2.75) is 25.8 Å². The highest BCUT2D eigenvalue weighted by molar-refractivity contribution is 9.10. The molecule has 0 saturated carbocycles. The molecule has 1 aromatic carbocycles. The van der Waals surface area contributed by atoms with E-state index in [4.69, 9.17) is 5.73 Å². The van der Waals surface area contributed by atoms with E-state index in [2.05, 4.69) is 21.2 Å². The number of benzene rings is 1. The van der Waals surface area contributed by atoms with Crippen LogP contribution in [0.3, 0.4) is 0 Å². The maximum Gasteiger partial charge on any atom is 0.241 e. The molecule has 5 heteroatoms. The molecule has 1 aromatic rings. The zero-order chi connectivity index (χ0) is 12.1. The van der Waals surface area contributed by atoms with E-state index in [9.17, 15) is 9.18 Å². The predicted molar refractivity (Wildman–Crippen MR) is 65.6 cm³/mol. The number of nitrogens with one attached hydrogen (secondary N) is 1. The fraction of sp³-hybridized carbons (Fsp3) is 0.364. The molecule has 0 unspecified atom stereocenters. The van der Waals surface area contributed by atoms with Crippen LogP contribution in [0.15, 0.2) is 22.7 Å². The Morgan fingerprint density at radius 2 is 2.31 bits per heavy atom. The Balaban J connectivity index is 2.69. The standard InChI is InChI=1S/C11H14BrFN2O/c1-2-3-9(14)11(16)15-10-5-4-7(13)6-8(10)12/h4-6,9H,2-3,14H2,1H3,(H,15,16)/t9-/m0/s1. The van der Waals surface area contributed by atoms with Crippen molar-refractivity contribution in [1.29, 1.82) is 0 Å². The molecule has 0 aliphatic rings. The summed E-state index contributed by atoms with van der Waals surface area (Å²) in [6.45, 7) is 1.96. The van der Waals surface area contributed by atoms with Crippen molar-refractivity contribution in [3.05, 3.63) is 28.5 Å². The number of rotatable bonds is 4. The molecular weight excluding hydrogens is 275 g/mol. The Morgan fingerprint density at radius 3 is 2.88 bits per heavy atom. The number of anilines is 1. The molecule has 88 valence electrons. The molecule has 0 radical (unpaired) electrons. The van der Waals surface area contributed by atoms with Gasteiger partial charge in [-0.15, -0.1) is 0 Å². The molecule has 0 aromatic heterocycles. The third-order valence-electron chi connectivity index (χ3n) is 2.13. The summed E-state index contributed by atoms with van der Waals surface area (Å²) in [5, 5.41) is 2.64. The van der Waals surface area contributed by atoms with Gasteiger partial charge in [-0.2, -0.15) is 0 Å². The minimum Gasteiger partial charge on any atom is -0.324 e. The van der Waals surface area contributed by atoms with Gasteiger partial charge >= 0.3 is 0 Å². The number of amides is 1. The van der Waals surface area contributed by atoms with Gasteiger partial charge in [-0.3, -0.25) is 4.79 Å². The van der Waals surface area contributed by atoms with E-state index >= 15 is 0 Å². The normalized spacial score (nSPS) is 12.2. The molecule has 3 N–H and O–H groups in total. The lowest BCUT2D eigenvalue weighted by atomic mass is 10.1. The molecule has 0 bridgehead atoms. The average Bonchev–Trinajstić information content (AvgIpc) is 2.22. The number of carbonyl (C=O) groups excluding carboxylic acids is 1. The van der Waals surface area contributed by atoms with Gasteiger partial charge in [0.05, 0.1) is 11.7 Å². The molecular formula is C11H14BrFN2O. The maximum atomic E-state index is 12.8.